The third-order valence-corrected chi connectivity index (χ3v) is 5.62. The van der Waals surface area contributed by atoms with Crippen molar-refractivity contribution in [2.24, 2.45) is 11.7 Å². The van der Waals surface area contributed by atoms with Gasteiger partial charge in [0, 0.05) is 43.5 Å². The van der Waals surface area contributed by atoms with Crippen LogP contribution in [0.5, 0.6) is 0 Å². The maximum Gasteiger partial charge on any atom is 0.250 e. The van der Waals surface area contributed by atoms with Crippen molar-refractivity contribution in [2.45, 2.75) is 44.6 Å². The molecule has 1 saturated heterocycles. The van der Waals surface area contributed by atoms with Crippen LogP contribution in [0.15, 0.2) is 18.5 Å². The summed E-state index contributed by atoms with van der Waals surface area (Å²) in [5.41, 5.74) is 5.76. The molecule has 7 heteroatoms. The maximum absolute atomic E-state index is 12.9. The maximum atomic E-state index is 12.9. The van der Waals surface area contributed by atoms with Gasteiger partial charge in [-0.15, -0.1) is 0 Å². The van der Waals surface area contributed by atoms with Crippen LogP contribution in [0.25, 0.3) is 0 Å². The van der Waals surface area contributed by atoms with Gasteiger partial charge in [-0.3, -0.25) is 19.5 Å². The number of nitrogens with one attached hydrogen (secondary N) is 1. The molecule has 3 rings (SSSR count). The summed E-state index contributed by atoms with van der Waals surface area (Å²) in [6.07, 6.45) is 7.93. The third-order valence-electron chi connectivity index (χ3n) is 5.62. The number of hydrogen-bond donors (Lipinski definition) is 2. The Morgan fingerprint density at radius 2 is 2.00 bits per heavy atom. The molecule has 2 heterocycles. The number of nitrogens with zero attached hydrogens (tertiary/aromatic N) is 2. The van der Waals surface area contributed by atoms with Crippen molar-refractivity contribution in [1.29, 1.82) is 0 Å². The number of amides is 2. The fourth-order valence-electron chi connectivity index (χ4n) is 3.88. The van der Waals surface area contributed by atoms with Crippen molar-refractivity contribution in [2.75, 3.05) is 32.8 Å². The molecule has 0 aromatic carbocycles. The summed E-state index contributed by atoms with van der Waals surface area (Å²) < 4.78 is 5.38. The largest absolute Gasteiger partial charge is 0.379 e. The van der Waals surface area contributed by atoms with Crippen LogP contribution in [-0.2, 0) is 9.53 Å². The Hall–Kier alpha value is -2.43. The Labute approximate surface area is 172 Å². The number of rotatable bonds is 5. The molecule has 1 atom stereocenters. The Bertz CT molecular complexity index is 787. The lowest BCUT2D eigenvalue weighted by atomic mass is 9.81. The number of ether oxygens (including phenoxy) is 1. The summed E-state index contributed by atoms with van der Waals surface area (Å²) in [5.74, 6) is 5.81. The quantitative estimate of drug-likeness (QED) is 0.729. The molecule has 3 N–H and O–H groups in total. The predicted molar refractivity (Wildman–Crippen MR) is 110 cm³/mol. The highest BCUT2D eigenvalue weighted by atomic mass is 16.5. The van der Waals surface area contributed by atoms with Gasteiger partial charge in [-0.05, 0) is 18.9 Å². The Morgan fingerprint density at radius 3 is 2.69 bits per heavy atom. The average Bonchev–Trinajstić information content (AvgIpc) is 2.74. The van der Waals surface area contributed by atoms with Gasteiger partial charge in [-0.25, -0.2) is 0 Å². The molecular formula is C22H30N4O3. The summed E-state index contributed by atoms with van der Waals surface area (Å²) in [6.45, 7) is 5.88. The van der Waals surface area contributed by atoms with Crippen molar-refractivity contribution in [3.63, 3.8) is 0 Å². The van der Waals surface area contributed by atoms with Crippen LogP contribution in [0.1, 0.15) is 54.9 Å². The van der Waals surface area contributed by atoms with E-state index in [4.69, 9.17) is 10.5 Å². The molecule has 1 unspecified atom stereocenters. The van der Waals surface area contributed by atoms with E-state index in [9.17, 15) is 9.59 Å². The molecule has 1 aliphatic heterocycles. The first-order chi connectivity index (χ1) is 14.0. The normalized spacial score (nSPS) is 20.2. The van der Waals surface area contributed by atoms with E-state index < -0.39 is 11.4 Å². The van der Waals surface area contributed by atoms with Gasteiger partial charge < -0.3 is 15.8 Å². The van der Waals surface area contributed by atoms with Crippen molar-refractivity contribution in [1.82, 2.24) is 15.2 Å². The average molecular weight is 399 g/mol. The molecule has 1 saturated carbocycles. The van der Waals surface area contributed by atoms with E-state index in [2.05, 4.69) is 27.0 Å². The molecule has 0 bridgehead atoms. The summed E-state index contributed by atoms with van der Waals surface area (Å²) in [7, 11) is 0. The third kappa shape index (κ3) is 6.02. The molecule has 2 fully saturated rings. The van der Waals surface area contributed by atoms with E-state index in [0.717, 1.165) is 65.0 Å². The van der Waals surface area contributed by atoms with E-state index in [1.54, 1.807) is 12.3 Å². The monoisotopic (exact) mass is 398 g/mol. The van der Waals surface area contributed by atoms with Gasteiger partial charge in [-0.2, -0.15) is 0 Å². The van der Waals surface area contributed by atoms with Crippen molar-refractivity contribution in [3.05, 3.63) is 29.6 Å². The smallest absolute Gasteiger partial charge is 0.250 e. The zero-order chi connectivity index (χ0) is 20.7. The van der Waals surface area contributed by atoms with Gasteiger partial charge in [0.1, 0.15) is 5.54 Å². The van der Waals surface area contributed by atoms with E-state index in [1.165, 1.54) is 6.20 Å². The van der Waals surface area contributed by atoms with Crippen LogP contribution in [-0.4, -0.2) is 60.1 Å². The van der Waals surface area contributed by atoms with Crippen molar-refractivity contribution in [3.8, 4) is 11.8 Å². The molecular weight excluding hydrogens is 368 g/mol. The first-order valence-electron chi connectivity index (χ1n) is 10.4. The standard InChI is InChI=1S/C22H30N4O3/c1-17(16-26-9-11-29-12-10-26)21(28)25-22(6-3-2-4-7-22)8-5-18-13-19(20(23)27)15-24-14-18/h13-15,17H,2-4,6-7,9-12,16H2,1H3,(H2,23,27)(H,25,28). The number of pyridine rings is 1. The minimum Gasteiger partial charge on any atom is -0.379 e. The summed E-state index contributed by atoms with van der Waals surface area (Å²) >= 11 is 0. The number of carbonyl (C=O) groups excluding carboxylic acids is 2. The Kier molecular flexibility index (Phi) is 7.24. The molecule has 29 heavy (non-hydrogen) atoms. The predicted octanol–water partition coefficient (Wildman–Crippen LogP) is 1.32. The molecule has 0 radical (unpaired) electrons. The molecule has 2 aliphatic rings. The number of aromatic nitrogens is 1. The molecule has 1 aliphatic carbocycles. The number of primary amides is 1. The van der Waals surface area contributed by atoms with Crippen LogP contribution < -0.4 is 11.1 Å². The van der Waals surface area contributed by atoms with Gasteiger partial charge >= 0.3 is 0 Å². The summed E-state index contributed by atoms with van der Waals surface area (Å²) in [4.78, 5) is 30.6. The van der Waals surface area contributed by atoms with E-state index in [-0.39, 0.29) is 11.8 Å². The van der Waals surface area contributed by atoms with Gasteiger partial charge in [0.25, 0.3) is 0 Å². The summed E-state index contributed by atoms with van der Waals surface area (Å²) in [6, 6.07) is 1.64. The lowest BCUT2D eigenvalue weighted by Gasteiger charge is -2.35. The minimum atomic E-state index is -0.530. The number of morpholine rings is 1. The van der Waals surface area contributed by atoms with Crippen LogP contribution in [0, 0.1) is 17.8 Å². The second kappa shape index (κ2) is 9.86. The zero-order valence-corrected chi connectivity index (χ0v) is 17.1. The van der Waals surface area contributed by atoms with E-state index >= 15 is 0 Å². The molecule has 156 valence electrons. The van der Waals surface area contributed by atoms with E-state index in [0.29, 0.717) is 11.1 Å². The van der Waals surface area contributed by atoms with Gasteiger partial charge in [0.2, 0.25) is 11.8 Å². The van der Waals surface area contributed by atoms with Crippen LogP contribution >= 0.6 is 0 Å². The zero-order valence-electron chi connectivity index (χ0n) is 17.1. The lowest BCUT2D eigenvalue weighted by molar-refractivity contribution is -0.127. The lowest BCUT2D eigenvalue weighted by Crippen LogP contribution is -2.52. The van der Waals surface area contributed by atoms with Gasteiger partial charge in [0.15, 0.2) is 0 Å². The molecule has 1 aromatic rings. The fourth-order valence-corrected chi connectivity index (χ4v) is 3.88. The molecule has 7 nitrogen and oxygen atoms in total. The highest BCUT2D eigenvalue weighted by Gasteiger charge is 2.33. The highest BCUT2D eigenvalue weighted by Crippen LogP contribution is 2.28. The number of nitrogens with two attached hydrogens (primary N) is 1. The second-order valence-corrected chi connectivity index (χ2v) is 8.02. The topological polar surface area (TPSA) is 97.6 Å². The summed E-state index contributed by atoms with van der Waals surface area (Å²) in [5, 5.41) is 3.25. The van der Waals surface area contributed by atoms with E-state index in [1.807, 2.05) is 6.92 Å². The second-order valence-electron chi connectivity index (χ2n) is 8.02. The Balaban J connectivity index is 1.71. The van der Waals surface area contributed by atoms with Crippen molar-refractivity contribution < 1.29 is 14.3 Å². The SMILES string of the molecule is CC(CN1CCOCC1)C(=O)NC1(C#Cc2cncc(C(N)=O)c2)CCCCC1. The first-order valence-corrected chi connectivity index (χ1v) is 10.4. The first kappa shape index (κ1) is 21.3. The fraction of sp³-hybridized carbons (Fsp3) is 0.591. The van der Waals surface area contributed by atoms with Gasteiger partial charge in [0.05, 0.1) is 18.8 Å². The molecule has 2 amide bonds. The van der Waals surface area contributed by atoms with Crippen LogP contribution in [0.3, 0.4) is 0 Å². The van der Waals surface area contributed by atoms with Gasteiger partial charge in [-0.1, -0.05) is 38.0 Å². The highest BCUT2D eigenvalue weighted by molar-refractivity contribution is 5.92. The molecule has 1 aromatic heterocycles. The number of hydrogen-bond acceptors (Lipinski definition) is 5. The minimum absolute atomic E-state index is 0.0386. The van der Waals surface area contributed by atoms with Crippen LogP contribution in [0.2, 0.25) is 0 Å². The number of carbonyl (C=O) groups is 2. The van der Waals surface area contributed by atoms with Crippen molar-refractivity contribution >= 4 is 11.8 Å². The van der Waals surface area contributed by atoms with Crippen LogP contribution in [0.4, 0.5) is 0 Å². The molecule has 0 spiro atoms. The Morgan fingerprint density at radius 1 is 1.28 bits per heavy atom.